The van der Waals surface area contributed by atoms with Gasteiger partial charge in [-0.25, -0.2) is 0 Å². The van der Waals surface area contributed by atoms with Crippen molar-refractivity contribution in [2.75, 3.05) is 39.3 Å². The second-order valence-electron chi connectivity index (χ2n) is 4.62. The predicted molar refractivity (Wildman–Crippen MR) is 68.9 cm³/mol. The first-order chi connectivity index (χ1) is 8.25. The summed E-state index contributed by atoms with van der Waals surface area (Å²) in [5.74, 6) is 0.956. The van der Waals surface area contributed by atoms with E-state index in [4.69, 9.17) is 16.3 Å². The molecule has 0 spiro atoms. The van der Waals surface area contributed by atoms with Crippen LogP contribution in [-0.4, -0.2) is 39.3 Å². The number of ether oxygens (including phenoxy) is 1. The number of halogens is 1. The molecule has 1 aliphatic rings. The zero-order valence-corrected chi connectivity index (χ0v) is 11.1. The third kappa shape index (κ3) is 3.87. The third-order valence-corrected chi connectivity index (χ3v) is 3.49. The van der Waals surface area contributed by atoms with Gasteiger partial charge in [0.2, 0.25) is 0 Å². The van der Waals surface area contributed by atoms with Gasteiger partial charge in [-0.3, -0.25) is 0 Å². The van der Waals surface area contributed by atoms with Crippen LogP contribution in [0.4, 0.5) is 0 Å². The molecule has 0 aromatic heterocycles. The van der Waals surface area contributed by atoms with E-state index in [0.717, 1.165) is 29.5 Å². The van der Waals surface area contributed by atoms with E-state index in [1.807, 2.05) is 25.1 Å². The third-order valence-electron chi connectivity index (χ3n) is 3.25. The number of piperazine rings is 1. The molecular weight excluding hydrogens is 236 g/mol. The van der Waals surface area contributed by atoms with Crippen molar-refractivity contribution in [2.45, 2.75) is 6.92 Å². The van der Waals surface area contributed by atoms with Gasteiger partial charge in [0.05, 0.1) is 0 Å². The van der Waals surface area contributed by atoms with E-state index in [0.29, 0.717) is 0 Å². The summed E-state index contributed by atoms with van der Waals surface area (Å²) in [6.07, 6.45) is 0. The first-order valence-electron chi connectivity index (χ1n) is 6.30. The summed E-state index contributed by atoms with van der Waals surface area (Å²) in [7, 11) is 0. The van der Waals surface area contributed by atoms with Crippen molar-refractivity contribution in [3.63, 3.8) is 0 Å². The van der Waals surface area contributed by atoms with E-state index < -0.39 is 0 Å². The van der Waals surface area contributed by atoms with Gasteiger partial charge >= 0.3 is 0 Å². The predicted octanol–water partition coefficient (Wildman–Crippen LogP) is -0.511. The first-order valence-corrected chi connectivity index (χ1v) is 6.67. The van der Waals surface area contributed by atoms with Gasteiger partial charge in [0.25, 0.3) is 0 Å². The van der Waals surface area contributed by atoms with E-state index in [-0.39, 0.29) is 0 Å². The van der Waals surface area contributed by atoms with Crippen molar-refractivity contribution in [1.29, 1.82) is 0 Å². The van der Waals surface area contributed by atoms with Gasteiger partial charge < -0.3 is 15.0 Å². The molecule has 0 saturated carbocycles. The Hall–Kier alpha value is -0.770. The molecule has 0 bridgehead atoms. The lowest BCUT2D eigenvalue weighted by atomic mass is 10.2. The fourth-order valence-electron chi connectivity index (χ4n) is 2.21. The van der Waals surface area contributed by atoms with Crippen LogP contribution in [0, 0.1) is 6.92 Å². The molecule has 2 rings (SSSR count). The topological polar surface area (TPSA) is 30.3 Å². The Balaban J connectivity index is 1.77. The summed E-state index contributed by atoms with van der Waals surface area (Å²) >= 11 is 5.91. The minimum atomic E-state index is 0.770. The van der Waals surface area contributed by atoms with Gasteiger partial charge in [0, 0.05) is 5.02 Å². The number of aryl methyl sites for hydroxylation is 1. The number of hydrogen-bond donors (Lipinski definition) is 2. The van der Waals surface area contributed by atoms with Crippen LogP contribution in [0.1, 0.15) is 5.56 Å². The van der Waals surface area contributed by atoms with Crippen LogP contribution in [-0.2, 0) is 0 Å². The van der Waals surface area contributed by atoms with E-state index in [1.165, 1.54) is 26.2 Å². The van der Waals surface area contributed by atoms with Crippen LogP contribution in [0.2, 0.25) is 5.02 Å². The summed E-state index contributed by atoms with van der Waals surface area (Å²) < 4.78 is 5.80. The highest BCUT2D eigenvalue weighted by atomic mass is 35.5. The molecule has 1 fully saturated rings. The number of quaternary nitrogens is 2. The molecule has 4 heteroatoms. The average molecular weight is 257 g/mol. The van der Waals surface area contributed by atoms with Crippen LogP contribution in [0.25, 0.3) is 0 Å². The SMILES string of the molecule is Cc1cc(Cl)ccc1OCC[NH+]1CC[NH2+]CC1. The standard InChI is InChI=1S/C13H19ClN2O/c1-11-10-12(14)2-3-13(11)17-9-8-16-6-4-15-5-7-16/h2-3,10,15H,4-9H2,1H3/p+2. The van der Waals surface area contributed by atoms with Gasteiger partial charge in [-0.2, -0.15) is 0 Å². The molecule has 0 unspecified atom stereocenters. The maximum absolute atomic E-state index is 5.91. The van der Waals surface area contributed by atoms with E-state index in [9.17, 15) is 0 Å². The van der Waals surface area contributed by atoms with Gasteiger partial charge in [0.15, 0.2) is 0 Å². The molecule has 1 saturated heterocycles. The molecule has 1 aromatic carbocycles. The summed E-state index contributed by atoms with van der Waals surface area (Å²) in [6.45, 7) is 8.91. The van der Waals surface area contributed by atoms with Gasteiger partial charge in [-0.05, 0) is 30.7 Å². The minimum Gasteiger partial charge on any atom is -0.487 e. The van der Waals surface area contributed by atoms with Crippen LogP contribution < -0.4 is 15.0 Å². The normalized spacial score (nSPS) is 17.1. The van der Waals surface area contributed by atoms with E-state index >= 15 is 0 Å². The quantitative estimate of drug-likeness (QED) is 0.747. The lowest BCUT2D eigenvalue weighted by Gasteiger charge is -2.22. The minimum absolute atomic E-state index is 0.770. The molecule has 0 amide bonds. The first kappa shape index (κ1) is 12.7. The van der Waals surface area contributed by atoms with Crippen molar-refractivity contribution in [3.8, 4) is 5.75 Å². The maximum Gasteiger partial charge on any atom is 0.137 e. The Morgan fingerprint density at radius 3 is 2.82 bits per heavy atom. The average Bonchev–Trinajstić information content (AvgIpc) is 2.33. The zero-order valence-electron chi connectivity index (χ0n) is 10.3. The molecule has 1 aliphatic heterocycles. The number of nitrogens with two attached hydrogens (primary N) is 1. The Bertz CT molecular complexity index is 364. The highest BCUT2D eigenvalue weighted by molar-refractivity contribution is 6.30. The van der Waals surface area contributed by atoms with Crippen LogP contribution >= 0.6 is 11.6 Å². The largest absolute Gasteiger partial charge is 0.487 e. The Labute approximate surface area is 108 Å². The van der Waals surface area contributed by atoms with Crippen molar-refractivity contribution >= 4 is 11.6 Å². The fourth-order valence-corrected chi connectivity index (χ4v) is 2.44. The molecule has 3 nitrogen and oxygen atoms in total. The monoisotopic (exact) mass is 256 g/mol. The molecule has 0 atom stereocenters. The summed E-state index contributed by atoms with van der Waals surface area (Å²) in [4.78, 5) is 1.65. The number of rotatable bonds is 4. The van der Waals surface area contributed by atoms with Gasteiger partial charge in [-0.1, -0.05) is 11.6 Å². The lowest BCUT2D eigenvalue weighted by molar-refractivity contribution is -0.946. The number of hydrogen-bond acceptors (Lipinski definition) is 1. The zero-order chi connectivity index (χ0) is 12.1. The fraction of sp³-hybridized carbons (Fsp3) is 0.538. The summed E-state index contributed by atoms with van der Waals surface area (Å²) in [5.41, 5.74) is 1.11. The highest BCUT2D eigenvalue weighted by Crippen LogP contribution is 2.21. The Morgan fingerprint density at radius 1 is 1.35 bits per heavy atom. The molecule has 1 heterocycles. The maximum atomic E-state index is 5.91. The number of benzene rings is 1. The molecule has 1 aromatic rings. The molecule has 0 radical (unpaired) electrons. The van der Waals surface area contributed by atoms with Gasteiger partial charge in [0.1, 0.15) is 45.1 Å². The van der Waals surface area contributed by atoms with Crippen molar-refractivity contribution < 1.29 is 15.0 Å². The van der Waals surface area contributed by atoms with Crippen LogP contribution in [0.3, 0.4) is 0 Å². The van der Waals surface area contributed by atoms with E-state index in [2.05, 4.69) is 5.32 Å². The molecule has 0 aliphatic carbocycles. The van der Waals surface area contributed by atoms with E-state index in [1.54, 1.807) is 4.90 Å². The second kappa shape index (κ2) is 6.24. The van der Waals surface area contributed by atoms with Crippen molar-refractivity contribution in [1.82, 2.24) is 0 Å². The summed E-state index contributed by atoms with van der Waals surface area (Å²) in [6, 6.07) is 5.78. The van der Waals surface area contributed by atoms with Crippen LogP contribution in [0.15, 0.2) is 18.2 Å². The number of nitrogens with one attached hydrogen (secondary N) is 1. The van der Waals surface area contributed by atoms with Gasteiger partial charge in [-0.15, -0.1) is 0 Å². The van der Waals surface area contributed by atoms with Crippen molar-refractivity contribution in [2.24, 2.45) is 0 Å². The summed E-state index contributed by atoms with van der Waals surface area (Å²) in [5, 5.41) is 3.15. The molecule has 17 heavy (non-hydrogen) atoms. The second-order valence-corrected chi connectivity index (χ2v) is 5.06. The van der Waals surface area contributed by atoms with Crippen molar-refractivity contribution in [3.05, 3.63) is 28.8 Å². The Morgan fingerprint density at radius 2 is 2.12 bits per heavy atom. The molecule has 3 N–H and O–H groups in total. The lowest BCUT2D eigenvalue weighted by Crippen LogP contribution is -3.20. The molecular formula is C13H21ClN2O+2. The highest BCUT2D eigenvalue weighted by Gasteiger charge is 2.14. The Kier molecular flexibility index (Phi) is 4.66. The van der Waals surface area contributed by atoms with Crippen LogP contribution in [0.5, 0.6) is 5.75 Å². The molecule has 94 valence electrons. The smallest absolute Gasteiger partial charge is 0.137 e.